The van der Waals surface area contributed by atoms with Gasteiger partial charge in [-0.2, -0.15) is 0 Å². The van der Waals surface area contributed by atoms with Gasteiger partial charge in [0.2, 0.25) is 15.9 Å². The lowest BCUT2D eigenvalue weighted by Gasteiger charge is -2.40. The summed E-state index contributed by atoms with van der Waals surface area (Å²) < 4.78 is 27.6. The molecular formula is C22H29N3O3S. The molecule has 0 aliphatic carbocycles. The fourth-order valence-electron chi connectivity index (χ4n) is 3.58. The number of benzene rings is 2. The number of likely N-dealkylation sites (N-methyl/N-ethyl adjacent to an activating group) is 1. The maximum atomic E-state index is 12.9. The van der Waals surface area contributed by atoms with E-state index in [-0.39, 0.29) is 29.8 Å². The minimum absolute atomic E-state index is 0.0150. The Morgan fingerprint density at radius 3 is 2.48 bits per heavy atom. The summed E-state index contributed by atoms with van der Waals surface area (Å²) in [7, 11) is -1.58. The molecule has 1 aliphatic rings. The highest BCUT2D eigenvalue weighted by molar-refractivity contribution is 7.89. The van der Waals surface area contributed by atoms with Gasteiger partial charge in [0.15, 0.2) is 0 Å². The van der Waals surface area contributed by atoms with Crippen LogP contribution in [0.5, 0.6) is 0 Å². The second-order valence-electron chi connectivity index (χ2n) is 7.67. The van der Waals surface area contributed by atoms with Gasteiger partial charge < -0.3 is 9.80 Å². The monoisotopic (exact) mass is 415 g/mol. The molecule has 6 nitrogen and oxygen atoms in total. The van der Waals surface area contributed by atoms with E-state index in [1.165, 1.54) is 0 Å². The lowest BCUT2D eigenvalue weighted by molar-refractivity contribution is -0.136. The number of sulfonamides is 1. The van der Waals surface area contributed by atoms with Crippen molar-refractivity contribution in [3.63, 3.8) is 0 Å². The van der Waals surface area contributed by atoms with Gasteiger partial charge in [0.1, 0.15) is 0 Å². The Bertz CT molecular complexity index is 961. The summed E-state index contributed by atoms with van der Waals surface area (Å²) in [6, 6.07) is 15.0. The van der Waals surface area contributed by atoms with Crippen molar-refractivity contribution < 1.29 is 13.2 Å². The van der Waals surface area contributed by atoms with Crippen LogP contribution in [0.25, 0.3) is 0 Å². The fourth-order valence-corrected chi connectivity index (χ4v) is 4.70. The van der Waals surface area contributed by atoms with Crippen LogP contribution in [0.2, 0.25) is 0 Å². The van der Waals surface area contributed by atoms with Crippen molar-refractivity contribution in [2.45, 2.75) is 31.2 Å². The molecule has 0 unspecified atom stereocenters. The molecular weight excluding hydrogens is 386 g/mol. The summed E-state index contributed by atoms with van der Waals surface area (Å²) in [4.78, 5) is 17.2. The third kappa shape index (κ3) is 5.23. The van der Waals surface area contributed by atoms with Crippen LogP contribution in [0.1, 0.15) is 29.2 Å². The maximum absolute atomic E-state index is 12.9. The van der Waals surface area contributed by atoms with Gasteiger partial charge in [0.25, 0.3) is 0 Å². The van der Waals surface area contributed by atoms with Gasteiger partial charge in [-0.05, 0) is 49.7 Å². The summed E-state index contributed by atoms with van der Waals surface area (Å²) in [5.74, 6) is -0.0326. The zero-order valence-corrected chi connectivity index (χ0v) is 18.1. The smallest absolute Gasteiger partial charge is 0.240 e. The molecule has 1 saturated heterocycles. The van der Waals surface area contributed by atoms with Crippen LogP contribution < -0.4 is 4.72 Å². The molecule has 0 radical (unpaired) electrons. The van der Waals surface area contributed by atoms with Crippen LogP contribution in [0.15, 0.2) is 53.4 Å². The van der Waals surface area contributed by atoms with Crippen molar-refractivity contribution in [2.75, 3.05) is 33.2 Å². The quantitative estimate of drug-likeness (QED) is 0.787. The zero-order chi connectivity index (χ0) is 21.0. The van der Waals surface area contributed by atoms with Crippen molar-refractivity contribution in [3.05, 3.63) is 65.2 Å². The van der Waals surface area contributed by atoms with E-state index in [0.29, 0.717) is 6.54 Å². The third-order valence-corrected chi connectivity index (χ3v) is 6.97. The first-order chi connectivity index (χ1) is 13.8. The Morgan fingerprint density at radius 2 is 1.79 bits per heavy atom. The number of aryl methyl sites for hydroxylation is 2. The van der Waals surface area contributed by atoms with Crippen LogP contribution >= 0.6 is 0 Å². The molecule has 0 bridgehead atoms. The van der Waals surface area contributed by atoms with Gasteiger partial charge in [-0.3, -0.25) is 4.79 Å². The van der Waals surface area contributed by atoms with E-state index in [4.69, 9.17) is 0 Å². The minimum Gasteiger partial charge on any atom is -0.333 e. The molecule has 156 valence electrons. The Hall–Kier alpha value is -2.22. The molecule has 1 aliphatic heterocycles. The van der Waals surface area contributed by atoms with Crippen molar-refractivity contribution in [1.29, 1.82) is 0 Å². The van der Waals surface area contributed by atoms with Crippen molar-refractivity contribution in [3.8, 4) is 0 Å². The topological polar surface area (TPSA) is 69.7 Å². The van der Waals surface area contributed by atoms with Crippen molar-refractivity contribution in [1.82, 2.24) is 14.5 Å². The van der Waals surface area contributed by atoms with E-state index < -0.39 is 10.0 Å². The van der Waals surface area contributed by atoms with Crippen molar-refractivity contribution in [2.24, 2.45) is 0 Å². The lowest BCUT2D eigenvalue weighted by Crippen LogP contribution is -2.49. The molecule has 2 aromatic rings. The molecule has 2 aromatic carbocycles. The van der Waals surface area contributed by atoms with Crippen LogP contribution in [0.3, 0.4) is 0 Å². The number of nitrogens with one attached hydrogen (secondary N) is 1. The first-order valence-electron chi connectivity index (χ1n) is 9.88. The summed E-state index contributed by atoms with van der Waals surface area (Å²) in [5.41, 5.74) is 3.07. The van der Waals surface area contributed by atoms with Crippen LogP contribution in [-0.4, -0.2) is 57.4 Å². The molecule has 1 amide bonds. The number of nitrogens with zero attached hydrogens (tertiary/aromatic N) is 2. The third-order valence-electron chi connectivity index (χ3n) is 5.51. The van der Waals surface area contributed by atoms with E-state index >= 15 is 0 Å². The fraction of sp³-hybridized carbons (Fsp3) is 0.409. The molecule has 3 rings (SSSR count). The summed E-state index contributed by atoms with van der Waals surface area (Å²) in [5, 5.41) is 0. The Morgan fingerprint density at radius 1 is 1.07 bits per heavy atom. The summed E-state index contributed by atoms with van der Waals surface area (Å²) in [6.45, 7) is 6.13. The number of amides is 1. The van der Waals surface area contributed by atoms with Crippen LogP contribution in [0, 0.1) is 13.8 Å². The second kappa shape index (κ2) is 9.07. The predicted molar refractivity (Wildman–Crippen MR) is 114 cm³/mol. The molecule has 1 N–H and O–H groups in total. The van der Waals surface area contributed by atoms with E-state index in [9.17, 15) is 13.2 Å². The maximum Gasteiger partial charge on any atom is 0.240 e. The van der Waals surface area contributed by atoms with Gasteiger partial charge >= 0.3 is 0 Å². The highest BCUT2D eigenvalue weighted by Crippen LogP contribution is 2.25. The molecule has 29 heavy (non-hydrogen) atoms. The summed E-state index contributed by atoms with van der Waals surface area (Å²) >= 11 is 0. The highest BCUT2D eigenvalue weighted by atomic mass is 32.2. The number of piperazine rings is 1. The molecule has 0 aromatic heterocycles. The SMILES string of the molecule is Cc1ccc(S(=O)(=O)NCCC(=O)N2CCN(C)C[C@@H]2c2ccccc2)cc1C. The number of hydrogen-bond donors (Lipinski definition) is 1. The highest BCUT2D eigenvalue weighted by Gasteiger charge is 2.30. The minimum atomic E-state index is -3.63. The standard InChI is InChI=1S/C22H29N3O3S/c1-17-9-10-20(15-18(17)2)29(27,28)23-12-11-22(26)25-14-13-24(3)16-21(25)19-7-5-4-6-8-19/h4-10,15,21,23H,11-14,16H2,1-3H3/t21-/m1/s1. The average Bonchev–Trinajstić information content (AvgIpc) is 2.70. The lowest BCUT2D eigenvalue weighted by atomic mass is 10.0. The van der Waals surface area contributed by atoms with Gasteiger partial charge in [0, 0.05) is 32.6 Å². The Balaban J connectivity index is 1.64. The first kappa shape index (κ1) is 21.5. The average molecular weight is 416 g/mol. The largest absolute Gasteiger partial charge is 0.333 e. The van der Waals surface area contributed by atoms with E-state index in [1.807, 2.05) is 49.1 Å². The number of carbonyl (C=O) groups excluding carboxylic acids is 1. The zero-order valence-electron chi connectivity index (χ0n) is 17.3. The molecule has 1 atom stereocenters. The van der Waals surface area contributed by atoms with E-state index in [2.05, 4.69) is 16.7 Å². The van der Waals surface area contributed by atoms with Crippen LogP contribution in [-0.2, 0) is 14.8 Å². The van der Waals surface area contributed by atoms with Crippen molar-refractivity contribution >= 4 is 15.9 Å². The summed E-state index contributed by atoms with van der Waals surface area (Å²) in [6.07, 6.45) is 0.136. The van der Waals surface area contributed by atoms with E-state index in [0.717, 1.165) is 29.8 Å². The molecule has 7 heteroatoms. The van der Waals surface area contributed by atoms with Gasteiger partial charge in [-0.1, -0.05) is 36.4 Å². The Labute approximate surface area is 173 Å². The molecule has 0 spiro atoms. The van der Waals surface area contributed by atoms with E-state index in [1.54, 1.807) is 18.2 Å². The first-order valence-corrected chi connectivity index (χ1v) is 11.4. The van der Waals surface area contributed by atoms with Gasteiger partial charge in [-0.15, -0.1) is 0 Å². The van der Waals surface area contributed by atoms with Gasteiger partial charge in [0.05, 0.1) is 10.9 Å². The number of rotatable bonds is 6. The number of carbonyl (C=O) groups is 1. The Kier molecular flexibility index (Phi) is 6.72. The number of hydrogen-bond acceptors (Lipinski definition) is 4. The second-order valence-corrected chi connectivity index (χ2v) is 9.44. The molecule has 0 saturated carbocycles. The van der Waals surface area contributed by atoms with Gasteiger partial charge in [-0.25, -0.2) is 13.1 Å². The predicted octanol–water partition coefficient (Wildman–Crippen LogP) is 2.49. The normalized spacial score (nSPS) is 18.0. The van der Waals surface area contributed by atoms with Crippen LogP contribution in [0.4, 0.5) is 0 Å². The molecule has 1 fully saturated rings. The molecule has 1 heterocycles.